The second-order valence-electron chi connectivity index (χ2n) is 8.83. The molecule has 1 amide bonds. The van der Waals surface area contributed by atoms with E-state index in [4.69, 9.17) is 14.5 Å². The lowest BCUT2D eigenvalue weighted by molar-refractivity contribution is -0.141. The SMILES string of the molecule is COCCNC(=O)CC1=CSC2=NC(C)=C(C(=O)OCc3ccccc3)C(c3cc(C)ccc3C)N12. The van der Waals surface area contributed by atoms with Gasteiger partial charge in [-0.2, -0.15) is 0 Å². The van der Waals surface area contributed by atoms with Gasteiger partial charge in [0.1, 0.15) is 6.61 Å². The number of aryl methyl sites for hydroxylation is 2. The van der Waals surface area contributed by atoms with E-state index < -0.39 is 12.0 Å². The van der Waals surface area contributed by atoms with Gasteiger partial charge in [-0.05, 0) is 42.9 Å². The molecule has 1 N–H and O–H groups in total. The molecule has 2 heterocycles. The lowest BCUT2D eigenvalue weighted by Gasteiger charge is -2.37. The Morgan fingerprint density at radius 2 is 1.89 bits per heavy atom. The molecule has 0 radical (unpaired) electrons. The Morgan fingerprint density at radius 1 is 1.11 bits per heavy atom. The summed E-state index contributed by atoms with van der Waals surface area (Å²) in [6, 6.07) is 15.4. The standard InChI is InChI=1S/C28H31N3O4S/c1-18-10-11-19(2)23(14-18)26-25(27(33)35-16-21-8-6-5-7-9-21)20(3)30-28-31(26)22(17-36-28)15-24(32)29-12-13-34-4/h5-11,14,17,26H,12-13,15-16H2,1-4H3,(H,29,32). The smallest absolute Gasteiger partial charge is 0.338 e. The van der Waals surface area contributed by atoms with Gasteiger partial charge in [0.15, 0.2) is 5.17 Å². The maximum Gasteiger partial charge on any atom is 0.338 e. The number of hydrogen-bond acceptors (Lipinski definition) is 7. The fourth-order valence-corrected chi connectivity index (χ4v) is 5.26. The number of rotatable bonds is 9. The number of allylic oxidation sites excluding steroid dienone is 1. The van der Waals surface area contributed by atoms with Crippen LogP contribution in [0.1, 0.15) is 41.6 Å². The third kappa shape index (κ3) is 5.71. The fourth-order valence-electron chi connectivity index (χ4n) is 4.30. The molecule has 4 rings (SSSR count). The number of carbonyl (C=O) groups is 2. The molecule has 0 fully saturated rings. The molecule has 0 spiro atoms. The number of fused-ring (bicyclic) bond motifs is 1. The zero-order valence-electron chi connectivity index (χ0n) is 21.0. The minimum absolute atomic E-state index is 0.112. The van der Waals surface area contributed by atoms with Gasteiger partial charge >= 0.3 is 5.97 Å². The summed E-state index contributed by atoms with van der Waals surface area (Å²) in [7, 11) is 1.60. The Bertz CT molecular complexity index is 1240. The fraction of sp³-hybridized carbons (Fsp3) is 0.321. The van der Waals surface area contributed by atoms with Gasteiger partial charge in [-0.25, -0.2) is 9.79 Å². The first kappa shape index (κ1) is 25.7. The molecule has 0 saturated heterocycles. The summed E-state index contributed by atoms with van der Waals surface area (Å²) in [6.45, 7) is 6.97. The average molecular weight is 506 g/mol. The summed E-state index contributed by atoms with van der Waals surface area (Å²) in [5, 5.41) is 5.57. The van der Waals surface area contributed by atoms with Crippen LogP contribution in [0.5, 0.6) is 0 Å². The Kier molecular flexibility index (Phi) is 8.28. The minimum Gasteiger partial charge on any atom is -0.457 e. The highest BCUT2D eigenvalue weighted by molar-refractivity contribution is 8.16. The van der Waals surface area contributed by atoms with Crippen molar-refractivity contribution in [3.63, 3.8) is 0 Å². The first-order valence-corrected chi connectivity index (χ1v) is 12.7. The van der Waals surface area contributed by atoms with Crippen LogP contribution in [-0.4, -0.2) is 42.2 Å². The zero-order valence-corrected chi connectivity index (χ0v) is 21.9. The number of amidine groups is 1. The quantitative estimate of drug-likeness (QED) is 0.391. The van der Waals surface area contributed by atoms with E-state index in [0.717, 1.165) is 33.1 Å². The Hall–Kier alpha value is -3.36. The van der Waals surface area contributed by atoms with E-state index in [2.05, 4.69) is 23.5 Å². The Balaban J connectivity index is 1.68. The van der Waals surface area contributed by atoms with E-state index >= 15 is 0 Å². The van der Waals surface area contributed by atoms with Gasteiger partial charge in [-0.1, -0.05) is 65.9 Å². The van der Waals surface area contributed by atoms with Crippen LogP contribution in [0.2, 0.25) is 0 Å². The highest BCUT2D eigenvalue weighted by atomic mass is 32.2. The highest BCUT2D eigenvalue weighted by Crippen LogP contribution is 2.45. The van der Waals surface area contributed by atoms with E-state index in [-0.39, 0.29) is 18.9 Å². The maximum absolute atomic E-state index is 13.6. The number of carbonyl (C=O) groups excluding carboxylic acids is 2. The second kappa shape index (κ2) is 11.6. The number of benzene rings is 2. The number of thioether (sulfide) groups is 1. The van der Waals surface area contributed by atoms with E-state index in [0.29, 0.717) is 24.4 Å². The van der Waals surface area contributed by atoms with Crippen molar-refractivity contribution in [2.24, 2.45) is 4.99 Å². The van der Waals surface area contributed by atoms with Crippen molar-refractivity contribution in [2.45, 2.75) is 39.8 Å². The molecule has 0 saturated carbocycles. The molecule has 2 aromatic carbocycles. The van der Waals surface area contributed by atoms with Gasteiger partial charge in [0.25, 0.3) is 0 Å². The van der Waals surface area contributed by atoms with Crippen molar-refractivity contribution in [3.05, 3.63) is 93.2 Å². The number of ether oxygens (including phenoxy) is 2. The minimum atomic E-state index is -0.450. The molecule has 2 aromatic rings. The van der Waals surface area contributed by atoms with Crippen molar-refractivity contribution in [1.29, 1.82) is 0 Å². The van der Waals surface area contributed by atoms with Crippen LogP contribution in [0.15, 0.2) is 75.9 Å². The lowest BCUT2D eigenvalue weighted by Crippen LogP contribution is -2.38. The molecule has 1 unspecified atom stereocenters. The van der Waals surface area contributed by atoms with E-state index in [1.807, 2.05) is 61.4 Å². The number of amides is 1. The average Bonchev–Trinajstić information content (AvgIpc) is 3.25. The van der Waals surface area contributed by atoms with Gasteiger partial charge < -0.3 is 19.7 Å². The summed E-state index contributed by atoms with van der Waals surface area (Å²) in [5.41, 5.74) is 5.94. The van der Waals surface area contributed by atoms with Crippen molar-refractivity contribution in [3.8, 4) is 0 Å². The predicted molar refractivity (Wildman–Crippen MR) is 142 cm³/mol. The van der Waals surface area contributed by atoms with Crippen molar-refractivity contribution in [2.75, 3.05) is 20.3 Å². The van der Waals surface area contributed by atoms with Crippen molar-refractivity contribution >= 4 is 28.8 Å². The molecule has 0 aromatic heterocycles. The summed E-state index contributed by atoms with van der Waals surface area (Å²) in [6.07, 6.45) is 0.169. The van der Waals surface area contributed by atoms with Crippen LogP contribution in [-0.2, 0) is 25.7 Å². The van der Waals surface area contributed by atoms with Crippen LogP contribution in [0.4, 0.5) is 0 Å². The lowest BCUT2D eigenvalue weighted by atomic mass is 9.90. The molecular formula is C28H31N3O4S. The molecule has 8 heteroatoms. The predicted octanol–water partition coefficient (Wildman–Crippen LogP) is 4.77. The van der Waals surface area contributed by atoms with Crippen LogP contribution in [0, 0.1) is 13.8 Å². The van der Waals surface area contributed by atoms with Crippen LogP contribution < -0.4 is 5.32 Å². The third-order valence-electron chi connectivity index (χ3n) is 6.13. The van der Waals surface area contributed by atoms with E-state index in [1.165, 1.54) is 11.8 Å². The van der Waals surface area contributed by atoms with Crippen molar-refractivity contribution < 1.29 is 19.1 Å². The number of nitrogens with zero attached hydrogens (tertiary/aromatic N) is 2. The number of esters is 1. The molecule has 0 aliphatic carbocycles. The number of aliphatic imine (C=N–C) groups is 1. The zero-order chi connectivity index (χ0) is 25.7. The molecule has 7 nitrogen and oxygen atoms in total. The number of nitrogens with one attached hydrogen (secondary N) is 1. The molecule has 2 aliphatic rings. The first-order chi connectivity index (χ1) is 17.4. The summed E-state index contributed by atoms with van der Waals surface area (Å²) < 4.78 is 10.8. The monoisotopic (exact) mass is 505 g/mol. The van der Waals surface area contributed by atoms with Gasteiger partial charge in [0.2, 0.25) is 5.91 Å². The number of methoxy groups -OCH3 is 1. The molecule has 1 atom stereocenters. The largest absolute Gasteiger partial charge is 0.457 e. The van der Waals surface area contributed by atoms with Crippen LogP contribution >= 0.6 is 11.8 Å². The van der Waals surface area contributed by atoms with Gasteiger partial charge in [-0.15, -0.1) is 0 Å². The summed E-state index contributed by atoms with van der Waals surface area (Å²) in [4.78, 5) is 33.0. The molecule has 0 bridgehead atoms. The Morgan fingerprint density at radius 3 is 2.64 bits per heavy atom. The van der Waals surface area contributed by atoms with Gasteiger partial charge in [-0.3, -0.25) is 4.79 Å². The molecule has 2 aliphatic heterocycles. The second-order valence-corrected chi connectivity index (χ2v) is 9.67. The molecule has 36 heavy (non-hydrogen) atoms. The number of hydrogen-bond donors (Lipinski definition) is 1. The highest BCUT2D eigenvalue weighted by Gasteiger charge is 2.41. The maximum atomic E-state index is 13.6. The normalized spacial score (nSPS) is 16.9. The topological polar surface area (TPSA) is 80.2 Å². The van der Waals surface area contributed by atoms with Crippen LogP contribution in [0.3, 0.4) is 0 Å². The first-order valence-electron chi connectivity index (χ1n) is 11.9. The van der Waals surface area contributed by atoms with E-state index in [1.54, 1.807) is 7.11 Å². The van der Waals surface area contributed by atoms with E-state index in [9.17, 15) is 9.59 Å². The summed E-state index contributed by atoms with van der Waals surface area (Å²) >= 11 is 1.46. The van der Waals surface area contributed by atoms with Crippen LogP contribution in [0.25, 0.3) is 0 Å². The summed E-state index contributed by atoms with van der Waals surface area (Å²) in [5.74, 6) is -0.523. The van der Waals surface area contributed by atoms with Crippen molar-refractivity contribution in [1.82, 2.24) is 10.2 Å². The molecule has 188 valence electrons. The Labute approximate surface area is 216 Å². The molecular weight excluding hydrogens is 474 g/mol. The van der Waals surface area contributed by atoms with Gasteiger partial charge in [0, 0.05) is 19.4 Å². The van der Waals surface area contributed by atoms with Gasteiger partial charge in [0.05, 0.1) is 30.3 Å². The third-order valence-corrected chi connectivity index (χ3v) is 7.02.